The van der Waals surface area contributed by atoms with Crippen LogP contribution in [0, 0.1) is 0 Å². The number of nitrogens with one attached hydrogen (secondary N) is 1. The second kappa shape index (κ2) is 6.31. The highest BCUT2D eigenvalue weighted by molar-refractivity contribution is 6.32. The molecule has 0 fully saturated rings. The Bertz CT molecular complexity index is 419. The van der Waals surface area contributed by atoms with E-state index in [0.29, 0.717) is 0 Å². The van der Waals surface area contributed by atoms with Crippen LogP contribution >= 0.6 is 0 Å². The standard InChI is InChI=1S/C10H11N3O4/c1-2-17-10(16)9(15)12-5-8(14)7-3-4-11-6-13-7/h3-4,6H,2,5H2,1H3,(H,12,15). The molecule has 0 saturated carbocycles. The number of amides is 1. The number of ether oxygens (including phenoxy) is 1. The molecule has 0 aliphatic heterocycles. The second-order valence-corrected chi connectivity index (χ2v) is 2.92. The normalized spacial score (nSPS) is 9.47. The van der Waals surface area contributed by atoms with Gasteiger partial charge in [0, 0.05) is 6.20 Å². The first-order chi connectivity index (χ1) is 8.15. The average Bonchev–Trinajstić information content (AvgIpc) is 2.36. The number of carbonyl (C=O) groups is 3. The van der Waals surface area contributed by atoms with Gasteiger partial charge in [0.05, 0.1) is 13.2 Å². The Morgan fingerprint density at radius 2 is 2.18 bits per heavy atom. The first kappa shape index (κ1) is 12.8. The van der Waals surface area contributed by atoms with Gasteiger partial charge in [0.1, 0.15) is 12.0 Å². The minimum Gasteiger partial charge on any atom is -0.459 e. The number of carbonyl (C=O) groups excluding carboxylic acids is 3. The lowest BCUT2D eigenvalue weighted by Gasteiger charge is -2.03. The van der Waals surface area contributed by atoms with Gasteiger partial charge in [-0.2, -0.15) is 0 Å². The lowest BCUT2D eigenvalue weighted by molar-refractivity contribution is -0.154. The van der Waals surface area contributed by atoms with Crippen LogP contribution in [-0.4, -0.2) is 40.8 Å². The Kier molecular flexibility index (Phi) is 4.74. The molecule has 17 heavy (non-hydrogen) atoms. The number of hydrogen-bond acceptors (Lipinski definition) is 6. The van der Waals surface area contributed by atoms with Crippen LogP contribution in [0.1, 0.15) is 17.4 Å². The molecule has 0 radical (unpaired) electrons. The summed E-state index contributed by atoms with van der Waals surface area (Å²) in [4.78, 5) is 40.9. The van der Waals surface area contributed by atoms with Crippen molar-refractivity contribution in [1.29, 1.82) is 0 Å². The Hall–Kier alpha value is -2.31. The van der Waals surface area contributed by atoms with Crippen molar-refractivity contribution in [3.05, 3.63) is 24.3 Å². The quantitative estimate of drug-likeness (QED) is 0.424. The van der Waals surface area contributed by atoms with Gasteiger partial charge in [-0.05, 0) is 13.0 Å². The van der Waals surface area contributed by atoms with E-state index in [-0.39, 0.29) is 18.8 Å². The van der Waals surface area contributed by atoms with Crippen molar-refractivity contribution in [3.63, 3.8) is 0 Å². The number of ketones is 1. The highest BCUT2D eigenvalue weighted by Gasteiger charge is 2.16. The monoisotopic (exact) mass is 237 g/mol. The van der Waals surface area contributed by atoms with Gasteiger partial charge in [-0.25, -0.2) is 14.8 Å². The molecule has 7 heteroatoms. The lowest BCUT2D eigenvalue weighted by atomic mass is 10.3. The molecule has 0 bridgehead atoms. The summed E-state index contributed by atoms with van der Waals surface area (Å²) in [7, 11) is 0. The summed E-state index contributed by atoms with van der Waals surface area (Å²) in [6.45, 7) is 1.37. The van der Waals surface area contributed by atoms with E-state index in [2.05, 4.69) is 20.0 Å². The maximum atomic E-state index is 11.5. The molecule has 0 atom stereocenters. The fourth-order valence-corrected chi connectivity index (χ4v) is 0.976. The van der Waals surface area contributed by atoms with Crippen LogP contribution in [-0.2, 0) is 14.3 Å². The lowest BCUT2D eigenvalue weighted by Crippen LogP contribution is -2.36. The Balaban J connectivity index is 2.44. The fourth-order valence-electron chi connectivity index (χ4n) is 0.976. The molecule has 1 amide bonds. The van der Waals surface area contributed by atoms with Crippen molar-refractivity contribution in [1.82, 2.24) is 15.3 Å². The zero-order valence-electron chi connectivity index (χ0n) is 9.17. The molecule has 1 aromatic rings. The van der Waals surface area contributed by atoms with Crippen molar-refractivity contribution in [3.8, 4) is 0 Å². The van der Waals surface area contributed by atoms with E-state index < -0.39 is 17.7 Å². The Morgan fingerprint density at radius 1 is 1.41 bits per heavy atom. The summed E-state index contributed by atoms with van der Waals surface area (Å²) in [5.74, 6) is -2.37. The average molecular weight is 237 g/mol. The highest BCUT2D eigenvalue weighted by atomic mass is 16.5. The number of Topliss-reactive ketones (excluding diaryl/α,β-unsaturated/α-hetero) is 1. The van der Waals surface area contributed by atoms with Crippen LogP contribution in [0.2, 0.25) is 0 Å². The summed E-state index contributed by atoms with van der Waals surface area (Å²) in [5.41, 5.74) is 0.171. The topological polar surface area (TPSA) is 98.2 Å². The zero-order valence-corrected chi connectivity index (χ0v) is 9.17. The van der Waals surface area contributed by atoms with Gasteiger partial charge >= 0.3 is 11.9 Å². The molecule has 0 aliphatic rings. The molecule has 0 spiro atoms. The molecule has 1 rings (SSSR count). The minimum absolute atomic E-state index is 0.103. The third-order valence-electron chi connectivity index (χ3n) is 1.74. The van der Waals surface area contributed by atoms with Crippen LogP contribution in [0.25, 0.3) is 0 Å². The molecule has 90 valence electrons. The van der Waals surface area contributed by atoms with Crippen LogP contribution < -0.4 is 5.32 Å². The summed E-state index contributed by atoms with van der Waals surface area (Å²) >= 11 is 0. The minimum atomic E-state index is -1.01. The largest absolute Gasteiger partial charge is 0.459 e. The number of aromatic nitrogens is 2. The molecule has 0 aliphatic carbocycles. The van der Waals surface area contributed by atoms with E-state index in [9.17, 15) is 14.4 Å². The molecule has 1 N–H and O–H groups in total. The number of nitrogens with zero attached hydrogens (tertiary/aromatic N) is 2. The van der Waals surface area contributed by atoms with E-state index in [1.807, 2.05) is 0 Å². The summed E-state index contributed by atoms with van der Waals surface area (Å²) < 4.78 is 4.45. The van der Waals surface area contributed by atoms with E-state index in [0.717, 1.165) is 0 Å². The number of esters is 1. The summed E-state index contributed by atoms with van der Waals surface area (Å²) in [6.07, 6.45) is 2.63. The van der Waals surface area contributed by atoms with Crippen LogP contribution in [0.3, 0.4) is 0 Å². The van der Waals surface area contributed by atoms with Gasteiger partial charge < -0.3 is 10.1 Å². The van der Waals surface area contributed by atoms with Gasteiger partial charge in [-0.3, -0.25) is 9.59 Å². The smallest absolute Gasteiger partial charge is 0.396 e. The maximum absolute atomic E-state index is 11.5. The fraction of sp³-hybridized carbons (Fsp3) is 0.300. The van der Waals surface area contributed by atoms with Gasteiger partial charge in [-0.1, -0.05) is 0 Å². The molecule has 0 aromatic carbocycles. The van der Waals surface area contributed by atoms with Crippen molar-refractivity contribution in [2.45, 2.75) is 6.92 Å². The molecular formula is C10H11N3O4. The van der Waals surface area contributed by atoms with Gasteiger partial charge in [-0.15, -0.1) is 0 Å². The molecular weight excluding hydrogens is 226 g/mol. The van der Waals surface area contributed by atoms with Crippen LogP contribution in [0.15, 0.2) is 18.6 Å². The molecule has 0 unspecified atom stereocenters. The molecule has 1 heterocycles. The van der Waals surface area contributed by atoms with Crippen molar-refractivity contribution < 1.29 is 19.1 Å². The second-order valence-electron chi connectivity index (χ2n) is 2.92. The van der Waals surface area contributed by atoms with E-state index in [4.69, 9.17) is 0 Å². The Morgan fingerprint density at radius 3 is 2.76 bits per heavy atom. The van der Waals surface area contributed by atoms with Crippen molar-refractivity contribution in [2.24, 2.45) is 0 Å². The first-order valence-electron chi connectivity index (χ1n) is 4.89. The SMILES string of the molecule is CCOC(=O)C(=O)NCC(=O)c1ccncn1. The van der Waals surface area contributed by atoms with E-state index in [1.54, 1.807) is 6.92 Å². The van der Waals surface area contributed by atoms with E-state index >= 15 is 0 Å². The first-order valence-corrected chi connectivity index (χ1v) is 4.89. The maximum Gasteiger partial charge on any atom is 0.396 e. The van der Waals surface area contributed by atoms with Crippen molar-refractivity contribution in [2.75, 3.05) is 13.2 Å². The zero-order chi connectivity index (χ0) is 12.7. The van der Waals surface area contributed by atoms with Gasteiger partial charge in [0.2, 0.25) is 0 Å². The van der Waals surface area contributed by atoms with Crippen LogP contribution in [0.4, 0.5) is 0 Å². The molecule has 7 nitrogen and oxygen atoms in total. The number of hydrogen-bond donors (Lipinski definition) is 1. The van der Waals surface area contributed by atoms with Gasteiger partial charge in [0.15, 0.2) is 5.78 Å². The predicted molar refractivity (Wildman–Crippen MR) is 56.0 cm³/mol. The predicted octanol–water partition coefficient (Wildman–Crippen LogP) is -0.661. The van der Waals surface area contributed by atoms with Gasteiger partial charge in [0.25, 0.3) is 0 Å². The highest BCUT2D eigenvalue weighted by Crippen LogP contribution is 1.92. The van der Waals surface area contributed by atoms with E-state index in [1.165, 1.54) is 18.6 Å². The molecule has 0 saturated heterocycles. The van der Waals surface area contributed by atoms with Crippen molar-refractivity contribution >= 4 is 17.7 Å². The third-order valence-corrected chi connectivity index (χ3v) is 1.74. The third kappa shape index (κ3) is 3.98. The number of rotatable bonds is 4. The van der Waals surface area contributed by atoms with Crippen LogP contribution in [0.5, 0.6) is 0 Å². The summed E-state index contributed by atoms with van der Waals surface area (Å²) in [6, 6.07) is 1.42. The molecule has 1 aromatic heterocycles. The Labute approximate surface area is 97.2 Å². The summed E-state index contributed by atoms with van der Waals surface area (Å²) in [5, 5.41) is 2.14.